The van der Waals surface area contributed by atoms with Gasteiger partial charge >= 0.3 is 0 Å². The Hall–Kier alpha value is -3.46. The maximum absolute atomic E-state index is 13.8. The number of carbonyl (C=O) groups is 1. The molecule has 0 N–H and O–H groups in total. The van der Waals surface area contributed by atoms with Crippen molar-refractivity contribution in [2.75, 3.05) is 71.9 Å². The SMILES string of the molecule is CN(C)CC1(c2ccccc2)CCN(c2ccc(-n3nc(C(=O)N4CCN(C)CC4)c4c3-c3ccsc3CC4)cc2)CC1. The van der Waals surface area contributed by atoms with Crippen molar-refractivity contribution in [1.82, 2.24) is 24.5 Å². The highest BCUT2D eigenvalue weighted by Gasteiger charge is 2.37. The van der Waals surface area contributed by atoms with E-state index >= 15 is 0 Å². The number of thiophene rings is 1. The number of hydrogen-bond donors (Lipinski definition) is 0. The van der Waals surface area contributed by atoms with Gasteiger partial charge in [-0.1, -0.05) is 30.3 Å². The number of benzene rings is 2. The molecular weight excluding hydrogens is 552 g/mol. The zero-order valence-corrected chi connectivity index (χ0v) is 26.4. The number of anilines is 1. The number of hydrogen-bond acceptors (Lipinski definition) is 6. The van der Waals surface area contributed by atoms with Gasteiger partial charge < -0.3 is 19.6 Å². The summed E-state index contributed by atoms with van der Waals surface area (Å²) in [4.78, 5) is 24.3. The molecule has 224 valence electrons. The number of nitrogens with zero attached hydrogens (tertiary/aromatic N) is 6. The summed E-state index contributed by atoms with van der Waals surface area (Å²) in [5.74, 6) is 0.0753. The molecule has 0 radical (unpaired) electrons. The van der Waals surface area contributed by atoms with Crippen molar-refractivity contribution in [3.05, 3.63) is 87.7 Å². The summed E-state index contributed by atoms with van der Waals surface area (Å²) in [6.45, 7) is 6.44. The average molecular weight is 595 g/mol. The molecule has 4 heterocycles. The lowest BCUT2D eigenvalue weighted by atomic mass is 9.72. The second-order valence-electron chi connectivity index (χ2n) is 12.8. The number of fused-ring (bicyclic) bond motifs is 3. The van der Waals surface area contributed by atoms with Crippen molar-refractivity contribution in [3.63, 3.8) is 0 Å². The molecule has 2 aliphatic heterocycles. The van der Waals surface area contributed by atoms with E-state index in [0.29, 0.717) is 5.69 Å². The molecule has 0 bridgehead atoms. The Morgan fingerprint density at radius 1 is 0.884 bits per heavy atom. The van der Waals surface area contributed by atoms with Crippen LogP contribution in [0.2, 0.25) is 0 Å². The number of piperazine rings is 1. The summed E-state index contributed by atoms with van der Waals surface area (Å²) < 4.78 is 2.04. The molecule has 1 aliphatic carbocycles. The Morgan fingerprint density at radius 2 is 1.58 bits per heavy atom. The van der Waals surface area contributed by atoms with E-state index < -0.39 is 0 Å². The largest absolute Gasteiger partial charge is 0.371 e. The van der Waals surface area contributed by atoms with Crippen LogP contribution in [-0.4, -0.2) is 97.3 Å². The van der Waals surface area contributed by atoms with Crippen LogP contribution in [0, 0.1) is 0 Å². The maximum atomic E-state index is 13.8. The smallest absolute Gasteiger partial charge is 0.274 e. The van der Waals surface area contributed by atoms with E-state index in [2.05, 4.69) is 102 Å². The van der Waals surface area contributed by atoms with Crippen LogP contribution >= 0.6 is 11.3 Å². The molecule has 7 nitrogen and oxygen atoms in total. The molecule has 2 aromatic carbocycles. The van der Waals surface area contributed by atoms with Gasteiger partial charge in [0, 0.05) is 72.9 Å². The minimum absolute atomic E-state index is 0.0753. The molecule has 2 fully saturated rings. The monoisotopic (exact) mass is 594 g/mol. The molecule has 0 atom stereocenters. The van der Waals surface area contributed by atoms with E-state index in [0.717, 1.165) is 88.4 Å². The van der Waals surface area contributed by atoms with E-state index in [1.807, 2.05) is 20.9 Å². The van der Waals surface area contributed by atoms with Crippen LogP contribution in [0.3, 0.4) is 0 Å². The molecule has 8 heteroatoms. The lowest BCUT2D eigenvalue weighted by Crippen LogP contribution is -2.47. The summed E-state index contributed by atoms with van der Waals surface area (Å²) in [6.07, 6.45) is 4.09. The van der Waals surface area contributed by atoms with Gasteiger partial charge in [0.05, 0.1) is 11.4 Å². The third-order valence-electron chi connectivity index (χ3n) is 9.76. The summed E-state index contributed by atoms with van der Waals surface area (Å²) >= 11 is 1.81. The number of aromatic nitrogens is 2. The summed E-state index contributed by atoms with van der Waals surface area (Å²) in [5.41, 5.74) is 7.97. The predicted molar refractivity (Wildman–Crippen MR) is 176 cm³/mol. The van der Waals surface area contributed by atoms with Crippen molar-refractivity contribution in [3.8, 4) is 16.9 Å². The van der Waals surface area contributed by atoms with Crippen molar-refractivity contribution < 1.29 is 4.79 Å². The predicted octanol–water partition coefficient (Wildman–Crippen LogP) is 5.19. The first-order valence-corrected chi connectivity index (χ1v) is 16.5. The fourth-order valence-electron chi connectivity index (χ4n) is 7.40. The molecule has 4 aromatic rings. The Balaban J connectivity index is 1.16. The Kier molecular flexibility index (Phi) is 7.61. The van der Waals surface area contributed by atoms with E-state index in [1.165, 1.54) is 21.7 Å². The molecule has 43 heavy (non-hydrogen) atoms. The molecule has 3 aliphatic rings. The molecule has 7 rings (SSSR count). The lowest BCUT2D eigenvalue weighted by molar-refractivity contribution is 0.0656. The molecule has 2 saturated heterocycles. The number of carbonyl (C=O) groups excluding carboxylic acids is 1. The summed E-state index contributed by atoms with van der Waals surface area (Å²) in [6, 6.07) is 22.1. The van der Waals surface area contributed by atoms with Crippen LogP contribution in [-0.2, 0) is 18.3 Å². The van der Waals surface area contributed by atoms with Crippen LogP contribution in [0.25, 0.3) is 16.9 Å². The van der Waals surface area contributed by atoms with Gasteiger partial charge in [0.25, 0.3) is 5.91 Å². The lowest BCUT2D eigenvalue weighted by Gasteiger charge is -2.44. The van der Waals surface area contributed by atoms with Crippen molar-refractivity contribution in [2.24, 2.45) is 0 Å². The van der Waals surface area contributed by atoms with E-state index in [-0.39, 0.29) is 11.3 Å². The topological polar surface area (TPSA) is 47.9 Å². The zero-order valence-electron chi connectivity index (χ0n) is 25.6. The maximum Gasteiger partial charge on any atom is 0.274 e. The minimum Gasteiger partial charge on any atom is -0.371 e. The summed E-state index contributed by atoms with van der Waals surface area (Å²) in [5, 5.41) is 7.23. The summed E-state index contributed by atoms with van der Waals surface area (Å²) in [7, 11) is 6.49. The Morgan fingerprint density at radius 3 is 2.28 bits per heavy atom. The highest BCUT2D eigenvalue weighted by molar-refractivity contribution is 7.10. The van der Waals surface area contributed by atoms with Crippen LogP contribution in [0.1, 0.15) is 39.3 Å². The fourth-order valence-corrected chi connectivity index (χ4v) is 8.28. The normalized spacial score (nSPS) is 18.5. The van der Waals surface area contributed by atoms with Crippen LogP contribution < -0.4 is 4.90 Å². The van der Waals surface area contributed by atoms with Crippen molar-refractivity contribution in [2.45, 2.75) is 31.1 Å². The van der Waals surface area contributed by atoms with Crippen LogP contribution in [0.15, 0.2) is 66.0 Å². The fraction of sp³-hybridized carbons (Fsp3) is 0.429. The van der Waals surface area contributed by atoms with E-state index in [9.17, 15) is 4.79 Å². The number of likely N-dealkylation sites (N-methyl/N-ethyl adjacent to an activating group) is 2. The number of rotatable bonds is 6. The standard InChI is InChI=1S/C35H42N6OS/c1-37(2)25-35(26-7-5-4-6-8-26)16-18-39(19-17-35)27-9-11-28(12-10-27)41-33-29-15-24-43-31(29)14-13-30(33)32(36-41)34(42)40-22-20-38(3)21-23-40/h4-12,15,24H,13-14,16-23,25H2,1-3H3. The van der Waals surface area contributed by atoms with Gasteiger partial charge in [-0.15, -0.1) is 11.3 Å². The first-order chi connectivity index (χ1) is 20.9. The highest BCUT2D eigenvalue weighted by atomic mass is 32.1. The number of aryl methyl sites for hydroxylation is 1. The Labute approximate surface area is 259 Å². The van der Waals surface area contributed by atoms with Gasteiger partial charge in [-0.3, -0.25) is 4.79 Å². The van der Waals surface area contributed by atoms with Crippen molar-refractivity contribution in [1.29, 1.82) is 0 Å². The third-order valence-corrected chi connectivity index (χ3v) is 10.7. The first-order valence-electron chi connectivity index (χ1n) is 15.6. The van der Waals surface area contributed by atoms with Crippen LogP contribution in [0.4, 0.5) is 5.69 Å². The van der Waals surface area contributed by atoms with Crippen molar-refractivity contribution >= 4 is 22.9 Å². The molecule has 0 spiro atoms. The Bertz CT molecular complexity index is 1570. The van der Waals surface area contributed by atoms with Gasteiger partial charge in [-0.05, 0) is 88.1 Å². The molecule has 1 amide bonds. The third kappa shape index (κ3) is 5.30. The van der Waals surface area contributed by atoms with Gasteiger partial charge in [0.2, 0.25) is 0 Å². The van der Waals surface area contributed by atoms with E-state index in [1.54, 1.807) is 0 Å². The van der Waals surface area contributed by atoms with Gasteiger partial charge in [-0.2, -0.15) is 5.10 Å². The average Bonchev–Trinajstić information content (AvgIpc) is 3.67. The van der Waals surface area contributed by atoms with Gasteiger partial charge in [-0.25, -0.2) is 4.68 Å². The number of piperidine rings is 1. The second-order valence-corrected chi connectivity index (χ2v) is 13.8. The zero-order chi connectivity index (χ0) is 29.6. The minimum atomic E-state index is 0.0753. The quantitative estimate of drug-likeness (QED) is 0.308. The number of amides is 1. The molecule has 0 unspecified atom stereocenters. The second kappa shape index (κ2) is 11.6. The van der Waals surface area contributed by atoms with Gasteiger partial charge in [0.15, 0.2) is 5.69 Å². The highest BCUT2D eigenvalue weighted by Crippen LogP contribution is 2.41. The molecular formula is C35H42N6OS. The van der Waals surface area contributed by atoms with Gasteiger partial charge in [0.1, 0.15) is 0 Å². The molecule has 0 saturated carbocycles. The van der Waals surface area contributed by atoms with E-state index in [4.69, 9.17) is 5.10 Å². The van der Waals surface area contributed by atoms with Crippen LogP contribution in [0.5, 0.6) is 0 Å². The first kappa shape index (κ1) is 28.3. The molecule has 2 aromatic heterocycles.